The summed E-state index contributed by atoms with van der Waals surface area (Å²) < 4.78 is 24.6. The summed E-state index contributed by atoms with van der Waals surface area (Å²) >= 11 is 0. The normalized spacial score (nSPS) is 12.1. The molecule has 7 aromatic carbocycles. The lowest BCUT2D eigenvalue weighted by atomic mass is 10.00. The molecule has 0 fully saturated rings. The summed E-state index contributed by atoms with van der Waals surface area (Å²) in [6.45, 7) is 4.26. The maximum atomic E-state index is 16.7. The van der Waals surface area contributed by atoms with Crippen molar-refractivity contribution in [3.8, 4) is 17.0 Å². The van der Waals surface area contributed by atoms with Crippen molar-refractivity contribution in [2.45, 2.75) is 13.8 Å². The van der Waals surface area contributed by atoms with Crippen molar-refractivity contribution < 1.29 is 9.30 Å². The summed E-state index contributed by atoms with van der Waals surface area (Å²) in [4.78, 5) is 5.44. The van der Waals surface area contributed by atoms with Gasteiger partial charge in [0.1, 0.15) is 5.75 Å². The van der Waals surface area contributed by atoms with Crippen LogP contribution in [0.5, 0.6) is 5.75 Å². The molecule has 0 saturated carbocycles. The number of hydrogen-bond acceptors (Lipinski definition) is 3. The number of rotatable bonds is 5. The number of benzene rings is 7. The first-order valence-electron chi connectivity index (χ1n) is 16.5. The molecule has 0 saturated heterocycles. The second kappa shape index (κ2) is 11.2. The molecule has 9 rings (SSSR count). The summed E-state index contributed by atoms with van der Waals surface area (Å²) in [5.74, 6) is 0.775. The SMILES string of the molecule is COc1ccc2nc(-c3c(P(=O)(c4ccc5ccccc5c4)c4ccc5ccccc5c4)ccc4ccccc34)c3c(C)cc(C)n3c2c1. The second-order valence-corrected chi connectivity index (χ2v) is 15.6. The van der Waals surface area contributed by atoms with Gasteiger partial charge in [0.15, 0.2) is 7.14 Å². The van der Waals surface area contributed by atoms with E-state index in [1.54, 1.807) is 7.11 Å². The fourth-order valence-electron chi connectivity index (χ4n) is 7.60. The van der Waals surface area contributed by atoms with E-state index in [1.165, 1.54) is 0 Å². The number of ether oxygens (including phenoxy) is 1. The van der Waals surface area contributed by atoms with Gasteiger partial charge in [-0.3, -0.25) is 0 Å². The highest BCUT2D eigenvalue weighted by atomic mass is 31.2. The Hall–Kier alpha value is -5.70. The third-order valence-electron chi connectivity index (χ3n) is 9.93. The van der Waals surface area contributed by atoms with Gasteiger partial charge in [0.05, 0.1) is 29.4 Å². The quantitative estimate of drug-likeness (QED) is 0.174. The van der Waals surface area contributed by atoms with E-state index in [1.807, 2.05) is 42.5 Å². The number of methoxy groups -OCH3 is 1. The molecule has 236 valence electrons. The van der Waals surface area contributed by atoms with Gasteiger partial charge in [-0.05, 0) is 88.1 Å². The van der Waals surface area contributed by atoms with Crippen molar-refractivity contribution in [1.29, 1.82) is 0 Å². The topological polar surface area (TPSA) is 43.6 Å². The van der Waals surface area contributed by atoms with E-state index < -0.39 is 7.14 Å². The third kappa shape index (κ3) is 4.52. The van der Waals surface area contributed by atoms with Gasteiger partial charge >= 0.3 is 0 Å². The lowest BCUT2D eigenvalue weighted by molar-refractivity contribution is 0.415. The van der Waals surface area contributed by atoms with Gasteiger partial charge in [0, 0.05) is 33.2 Å². The molecule has 0 atom stereocenters. The van der Waals surface area contributed by atoms with E-state index in [4.69, 9.17) is 9.72 Å². The number of aromatic nitrogens is 2. The average molecular weight is 653 g/mol. The van der Waals surface area contributed by atoms with Gasteiger partial charge in [0.25, 0.3) is 0 Å². The van der Waals surface area contributed by atoms with Gasteiger partial charge in [0.2, 0.25) is 0 Å². The smallest absolute Gasteiger partial charge is 0.171 e. The maximum absolute atomic E-state index is 16.7. The minimum absolute atomic E-state index is 0.775. The van der Waals surface area contributed by atoms with Crippen LogP contribution in [0.1, 0.15) is 11.3 Å². The molecule has 0 bridgehead atoms. The average Bonchev–Trinajstić information content (AvgIpc) is 3.46. The van der Waals surface area contributed by atoms with Gasteiger partial charge in [-0.15, -0.1) is 0 Å². The fourth-order valence-corrected chi connectivity index (χ4v) is 10.5. The molecule has 0 radical (unpaired) electrons. The zero-order valence-electron chi connectivity index (χ0n) is 27.5. The van der Waals surface area contributed by atoms with Crippen LogP contribution in [0, 0.1) is 13.8 Å². The highest BCUT2D eigenvalue weighted by molar-refractivity contribution is 7.85. The van der Waals surface area contributed by atoms with Crippen LogP contribution in [0.15, 0.2) is 146 Å². The van der Waals surface area contributed by atoms with Crippen LogP contribution >= 0.6 is 7.14 Å². The molecule has 0 aliphatic carbocycles. The van der Waals surface area contributed by atoms with Crippen molar-refractivity contribution in [3.05, 3.63) is 157 Å². The Morgan fingerprint density at radius 1 is 0.612 bits per heavy atom. The highest BCUT2D eigenvalue weighted by Gasteiger charge is 2.35. The number of nitrogens with zero attached hydrogens (tertiary/aromatic N) is 2. The van der Waals surface area contributed by atoms with Gasteiger partial charge in [-0.1, -0.05) is 103 Å². The molecule has 0 N–H and O–H groups in total. The standard InChI is InChI=1S/C44H33N2O2P/c1-28-24-29(2)46-40-27-35(48-3)19-22-39(40)45-43(44(28)46)42-38-15-9-8-12-32(38)18-23-41(42)49(47,36-20-16-30-10-4-6-13-33(30)25-36)37-21-17-31-11-5-7-14-34(31)26-37/h4-27H,1-3H3. The summed E-state index contributed by atoms with van der Waals surface area (Å²) in [7, 11) is -1.83. The number of fused-ring (bicyclic) bond motifs is 6. The Bertz CT molecular complexity index is 2750. The lowest BCUT2D eigenvalue weighted by Gasteiger charge is -2.25. The van der Waals surface area contributed by atoms with Crippen molar-refractivity contribution in [1.82, 2.24) is 9.38 Å². The zero-order valence-corrected chi connectivity index (χ0v) is 28.4. The van der Waals surface area contributed by atoms with Gasteiger partial charge in [-0.2, -0.15) is 0 Å². The van der Waals surface area contributed by atoms with Crippen LogP contribution in [0.3, 0.4) is 0 Å². The van der Waals surface area contributed by atoms with Crippen molar-refractivity contribution >= 4 is 71.9 Å². The van der Waals surface area contributed by atoms with Crippen LogP contribution in [-0.2, 0) is 4.57 Å². The Kier molecular flexibility index (Phi) is 6.72. The molecular weight excluding hydrogens is 619 g/mol. The Morgan fingerprint density at radius 2 is 1.20 bits per heavy atom. The minimum atomic E-state index is -3.52. The number of hydrogen-bond donors (Lipinski definition) is 0. The first-order valence-corrected chi connectivity index (χ1v) is 18.2. The molecule has 0 amide bonds. The Balaban J connectivity index is 1.45. The molecule has 9 aromatic rings. The molecule has 2 heterocycles. The van der Waals surface area contributed by atoms with E-state index in [9.17, 15) is 0 Å². The predicted molar refractivity (Wildman–Crippen MR) is 206 cm³/mol. The first-order chi connectivity index (χ1) is 23.9. The second-order valence-electron chi connectivity index (χ2n) is 12.8. The van der Waals surface area contributed by atoms with Crippen LogP contribution in [0.4, 0.5) is 0 Å². The number of aryl methyl sites for hydroxylation is 2. The Morgan fingerprint density at radius 3 is 1.86 bits per heavy atom. The molecular formula is C44H33N2O2P. The largest absolute Gasteiger partial charge is 0.497 e. The highest BCUT2D eigenvalue weighted by Crippen LogP contribution is 2.49. The first kappa shape index (κ1) is 29.4. The molecule has 0 aliphatic rings. The molecule has 5 heteroatoms. The third-order valence-corrected chi connectivity index (χ3v) is 13.0. The minimum Gasteiger partial charge on any atom is -0.497 e. The van der Waals surface area contributed by atoms with E-state index in [2.05, 4.69) is 121 Å². The van der Waals surface area contributed by atoms with E-state index in [0.717, 1.165) is 93.0 Å². The predicted octanol–water partition coefficient (Wildman–Crippen LogP) is 9.88. The summed E-state index contributed by atoms with van der Waals surface area (Å²) in [5.41, 5.74) is 6.73. The molecule has 4 nitrogen and oxygen atoms in total. The maximum Gasteiger partial charge on any atom is 0.171 e. The zero-order chi connectivity index (χ0) is 33.3. The molecule has 2 aromatic heterocycles. The van der Waals surface area contributed by atoms with Crippen molar-refractivity contribution in [2.75, 3.05) is 7.11 Å². The molecule has 0 unspecified atom stereocenters. The molecule has 0 aliphatic heterocycles. The van der Waals surface area contributed by atoms with Crippen LogP contribution in [0.25, 0.3) is 60.1 Å². The Labute approximate surface area is 284 Å². The van der Waals surface area contributed by atoms with Crippen molar-refractivity contribution in [2.24, 2.45) is 0 Å². The van der Waals surface area contributed by atoms with E-state index in [0.29, 0.717) is 0 Å². The van der Waals surface area contributed by atoms with Crippen molar-refractivity contribution in [3.63, 3.8) is 0 Å². The van der Waals surface area contributed by atoms with Crippen LogP contribution in [-0.4, -0.2) is 16.5 Å². The lowest BCUT2D eigenvalue weighted by Crippen LogP contribution is -2.27. The summed E-state index contributed by atoms with van der Waals surface area (Å²) in [6, 6.07) is 49.9. The molecule has 49 heavy (non-hydrogen) atoms. The van der Waals surface area contributed by atoms with Crippen LogP contribution in [0.2, 0.25) is 0 Å². The monoisotopic (exact) mass is 652 g/mol. The van der Waals surface area contributed by atoms with Crippen LogP contribution < -0.4 is 20.7 Å². The summed E-state index contributed by atoms with van der Waals surface area (Å²) in [5, 5.41) is 8.79. The van der Waals surface area contributed by atoms with E-state index >= 15 is 4.57 Å². The fraction of sp³-hybridized carbons (Fsp3) is 0.0682. The van der Waals surface area contributed by atoms with E-state index in [-0.39, 0.29) is 0 Å². The van der Waals surface area contributed by atoms with Gasteiger partial charge in [-0.25, -0.2) is 4.98 Å². The summed E-state index contributed by atoms with van der Waals surface area (Å²) in [6.07, 6.45) is 0. The van der Waals surface area contributed by atoms with Gasteiger partial charge < -0.3 is 13.7 Å². The molecule has 0 spiro atoms.